The summed E-state index contributed by atoms with van der Waals surface area (Å²) < 4.78 is 5.15. The first-order valence-electron chi connectivity index (χ1n) is 10.7. The van der Waals surface area contributed by atoms with E-state index in [4.69, 9.17) is 4.74 Å². The zero-order valence-corrected chi connectivity index (χ0v) is 19.3. The Morgan fingerprint density at radius 3 is 1.64 bits per heavy atom. The van der Waals surface area contributed by atoms with E-state index < -0.39 is 60.4 Å². The second-order valence-corrected chi connectivity index (χ2v) is 8.45. The molecule has 0 spiro atoms. The molecule has 1 aliphatic rings. The predicted molar refractivity (Wildman–Crippen MR) is 123 cm³/mol. The summed E-state index contributed by atoms with van der Waals surface area (Å²) in [5.41, 5.74) is -3.19. The van der Waals surface area contributed by atoms with Gasteiger partial charge in [0.05, 0.1) is 61.0 Å². The number of rotatable bonds is 10. The van der Waals surface area contributed by atoms with Crippen LogP contribution in [-0.4, -0.2) is 38.3 Å². The maximum Gasteiger partial charge on any atom is 0.308 e. The number of nitro benzene ring substituents is 4. The van der Waals surface area contributed by atoms with Crippen molar-refractivity contribution < 1.29 is 29.2 Å². The molecule has 2 aromatic rings. The van der Waals surface area contributed by atoms with Crippen LogP contribution in [0.5, 0.6) is 0 Å². The summed E-state index contributed by atoms with van der Waals surface area (Å²) in [4.78, 5) is 55.2. The molecule has 2 aromatic carbocycles. The Labute approximate surface area is 202 Å². The monoisotopic (exact) mass is 503 g/mol. The predicted octanol–water partition coefficient (Wildman–Crippen LogP) is 3.96. The van der Waals surface area contributed by atoms with Crippen LogP contribution in [0.4, 0.5) is 22.7 Å². The SMILES string of the molecule is CC(C)OC(=O)C(C)CCNC1c2cc([N+](=O)[O-])cc([N+](=O)[O-])c2-c2c1cc([N+](=O)[O-])cc2[N+](=O)[O-]. The highest BCUT2D eigenvalue weighted by Crippen LogP contribution is 2.53. The van der Waals surface area contributed by atoms with Crippen molar-refractivity contribution in [1.29, 1.82) is 0 Å². The minimum absolute atomic E-state index is 0.00749. The molecule has 190 valence electrons. The molecule has 0 saturated carbocycles. The molecule has 0 radical (unpaired) electrons. The van der Waals surface area contributed by atoms with Gasteiger partial charge < -0.3 is 10.1 Å². The van der Waals surface area contributed by atoms with E-state index in [1.54, 1.807) is 20.8 Å². The Hall–Kier alpha value is -4.53. The third-order valence-corrected chi connectivity index (χ3v) is 5.63. The molecule has 1 atom stereocenters. The van der Waals surface area contributed by atoms with E-state index in [0.717, 1.165) is 12.1 Å². The van der Waals surface area contributed by atoms with Gasteiger partial charge >= 0.3 is 5.97 Å². The number of carbonyl (C=O) groups is 1. The molecule has 0 bridgehead atoms. The minimum Gasteiger partial charge on any atom is -0.463 e. The number of esters is 1. The standard InChI is InChI=1S/C21H21N5O10/c1-10(2)36-21(27)11(3)4-5-22-20-14-6-12(23(28)29)8-16(25(32)33)18(14)19-15(20)7-13(24(30)31)9-17(19)26(34)35/h6-11,20,22H,4-5H2,1-3H3. The van der Waals surface area contributed by atoms with Crippen molar-refractivity contribution in [2.75, 3.05) is 6.54 Å². The van der Waals surface area contributed by atoms with Crippen molar-refractivity contribution in [3.8, 4) is 11.1 Å². The van der Waals surface area contributed by atoms with E-state index in [0.29, 0.717) is 12.1 Å². The Balaban J connectivity index is 2.16. The molecule has 0 fully saturated rings. The first-order chi connectivity index (χ1) is 16.8. The van der Waals surface area contributed by atoms with Gasteiger partial charge in [0, 0.05) is 12.1 Å². The van der Waals surface area contributed by atoms with Gasteiger partial charge in [0.25, 0.3) is 22.7 Å². The number of nitro groups is 4. The van der Waals surface area contributed by atoms with Gasteiger partial charge in [-0.05, 0) is 37.9 Å². The van der Waals surface area contributed by atoms with Crippen molar-refractivity contribution in [1.82, 2.24) is 5.32 Å². The smallest absolute Gasteiger partial charge is 0.308 e. The second kappa shape index (κ2) is 9.99. The molecular weight excluding hydrogens is 482 g/mol. The number of nitrogens with zero attached hydrogens (tertiary/aromatic N) is 4. The zero-order valence-electron chi connectivity index (χ0n) is 19.3. The quantitative estimate of drug-likeness (QED) is 0.278. The lowest BCUT2D eigenvalue weighted by Gasteiger charge is -2.18. The van der Waals surface area contributed by atoms with Gasteiger partial charge in [-0.25, -0.2) is 0 Å². The summed E-state index contributed by atoms with van der Waals surface area (Å²) in [6, 6.07) is 2.40. The van der Waals surface area contributed by atoms with Crippen LogP contribution in [-0.2, 0) is 9.53 Å². The fourth-order valence-electron chi connectivity index (χ4n) is 4.06. The van der Waals surface area contributed by atoms with E-state index in [2.05, 4.69) is 5.32 Å². The van der Waals surface area contributed by atoms with E-state index in [9.17, 15) is 45.3 Å². The number of nitrogens with one attached hydrogen (secondary N) is 1. The van der Waals surface area contributed by atoms with Crippen molar-refractivity contribution in [3.05, 3.63) is 75.8 Å². The fourth-order valence-corrected chi connectivity index (χ4v) is 4.06. The molecule has 0 saturated heterocycles. The topological polar surface area (TPSA) is 211 Å². The van der Waals surface area contributed by atoms with Crippen molar-refractivity contribution >= 4 is 28.7 Å². The second-order valence-electron chi connectivity index (χ2n) is 8.45. The lowest BCUT2D eigenvalue weighted by atomic mass is 10.0. The average molecular weight is 503 g/mol. The number of fused-ring (bicyclic) bond motifs is 3. The Morgan fingerprint density at radius 2 is 1.28 bits per heavy atom. The van der Waals surface area contributed by atoms with E-state index in [1.165, 1.54) is 0 Å². The van der Waals surface area contributed by atoms with Crippen LogP contribution >= 0.6 is 0 Å². The maximum atomic E-state index is 12.1. The van der Waals surface area contributed by atoms with Crippen LogP contribution < -0.4 is 5.32 Å². The third-order valence-electron chi connectivity index (χ3n) is 5.63. The summed E-state index contributed by atoms with van der Waals surface area (Å²) in [6.45, 7) is 5.09. The number of benzene rings is 2. The maximum absolute atomic E-state index is 12.1. The van der Waals surface area contributed by atoms with Crippen molar-refractivity contribution in [3.63, 3.8) is 0 Å². The van der Waals surface area contributed by atoms with Crippen LogP contribution in [0.3, 0.4) is 0 Å². The van der Waals surface area contributed by atoms with Crippen LogP contribution in [0.15, 0.2) is 24.3 Å². The molecular formula is C21H21N5O10. The molecule has 15 nitrogen and oxygen atoms in total. The molecule has 1 aliphatic carbocycles. The largest absolute Gasteiger partial charge is 0.463 e. The first kappa shape index (κ1) is 26.1. The van der Waals surface area contributed by atoms with E-state index >= 15 is 0 Å². The summed E-state index contributed by atoms with van der Waals surface area (Å²) in [5.74, 6) is -1.02. The number of hydrogen-bond donors (Lipinski definition) is 1. The van der Waals surface area contributed by atoms with Gasteiger partial charge in [0.2, 0.25) is 0 Å². The van der Waals surface area contributed by atoms with E-state index in [1.807, 2.05) is 0 Å². The summed E-state index contributed by atoms with van der Waals surface area (Å²) in [5, 5.41) is 49.5. The number of non-ortho nitro benzene ring substituents is 2. The molecule has 1 unspecified atom stereocenters. The van der Waals surface area contributed by atoms with Crippen molar-refractivity contribution in [2.45, 2.75) is 39.3 Å². The molecule has 1 N–H and O–H groups in total. The summed E-state index contributed by atoms with van der Waals surface area (Å²) in [6.07, 6.45) is -0.107. The van der Waals surface area contributed by atoms with Crippen LogP contribution in [0.1, 0.15) is 44.4 Å². The molecule has 36 heavy (non-hydrogen) atoms. The number of ether oxygens (including phenoxy) is 1. The normalized spacial score (nSPS) is 13.1. The number of carbonyl (C=O) groups excluding carboxylic acids is 1. The molecule has 0 aromatic heterocycles. The van der Waals surface area contributed by atoms with Gasteiger partial charge in [-0.15, -0.1) is 0 Å². The Morgan fingerprint density at radius 1 is 0.833 bits per heavy atom. The molecule has 3 rings (SSSR count). The van der Waals surface area contributed by atoms with Gasteiger partial charge in [-0.1, -0.05) is 6.92 Å². The summed E-state index contributed by atoms with van der Waals surface area (Å²) in [7, 11) is 0. The lowest BCUT2D eigenvalue weighted by Crippen LogP contribution is -2.26. The molecule has 0 amide bonds. The minimum atomic E-state index is -1.08. The molecule has 0 heterocycles. The first-order valence-corrected chi connectivity index (χ1v) is 10.7. The molecule has 0 aliphatic heterocycles. The highest BCUT2D eigenvalue weighted by Gasteiger charge is 2.42. The third kappa shape index (κ3) is 4.95. The fraction of sp³-hybridized carbons (Fsp3) is 0.381. The van der Waals surface area contributed by atoms with Crippen LogP contribution in [0.2, 0.25) is 0 Å². The highest BCUT2D eigenvalue weighted by molar-refractivity contribution is 5.93. The summed E-state index contributed by atoms with van der Waals surface area (Å²) >= 11 is 0. The van der Waals surface area contributed by atoms with Gasteiger partial charge in [-0.2, -0.15) is 0 Å². The van der Waals surface area contributed by atoms with Gasteiger partial charge in [0.1, 0.15) is 0 Å². The van der Waals surface area contributed by atoms with Crippen LogP contribution in [0, 0.1) is 46.4 Å². The molecule has 15 heteroatoms. The van der Waals surface area contributed by atoms with Gasteiger partial charge in [0.15, 0.2) is 0 Å². The average Bonchev–Trinajstić information content (AvgIpc) is 3.10. The zero-order chi connectivity index (χ0) is 26.9. The lowest BCUT2D eigenvalue weighted by molar-refractivity contribution is -0.395. The van der Waals surface area contributed by atoms with Crippen molar-refractivity contribution in [2.24, 2.45) is 5.92 Å². The highest BCUT2D eigenvalue weighted by atomic mass is 16.6. The Kier molecular flexibility index (Phi) is 7.24. The van der Waals surface area contributed by atoms with Gasteiger partial charge in [-0.3, -0.25) is 45.3 Å². The van der Waals surface area contributed by atoms with E-state index in [-0.39, 0.29) is 41.3 Å². The van der Waals surface area contributed by atoms with Crippen LogP contribution in [0.25, 0.3) is 11.1 Å². The Bertz CT molecular complexity index is 1210. The number of hydrogen-bond acceptors (Lipinski definition) is 11.